The van der Waals surface area contributed by atoms with E-state index in [0.29, 0.717) is 10.0 Å². The van der Waals surface area contributed by atoms with Crippen LogP contribution in [0.2, 0.25) is 0 Å². The molecule has 3 nitrogen and oxygen atoms in total. The molecule has 3 N–H and O–H groups in total. The number of phenolic OH excluding ortho intramolecular Hbond substituents is 1. The molecule has 9 heteroatoms. The van der Waals surface area contributed by atoms with Crippen molar-refractivity contribution < 1.29 is 27.4 Å². The van der Waals surface area contributed by atoms with E-state index in [1.165, 1.54) is 18.2 Å². The Hall–Kier alpha value is -1.51. The van der Waals surface area contributed by atoms with Crippen molar-refractivity contribution in [3.05, 3.63) is 57.8 Å². The van der Waals surface area contributed by atoms with Crippen LogP contribution in [0.4, 0.5) is 17.6 Å². The van der Waals surface area contributed by atoms with E-state index in [9.17, 15) is 22.7 Å². The number of alkyl halides is 3. The highest BCUT2D eigenvalue weighted by atomic mass is 79.9. The van der Waals surface area contributed by atoms with Gasteiger partial charge in [-0.1, -0.05) is 28.1 Å². The zero-order valence-corrected chi connectivity index (χ0v) is 13.7. The van der Waals surface area contributed by atoms with Crippen LogP contribution in [0.1, 0.15) is 17.2 Å². The van der Waals surface area contributed by atoms with Crippen LogP contribution in [0, 0.1) is 5.82 Å². The summed E-state index contributed by atoms with van der Waals surface area (Å²) in [5, 5.41) is 9.71. The van der Waals surface area contributed by atoms with Crippen LogP contribution in [0.15, 0.2) is 40.9 Å². The van der Waals surface area contributed by atoms with Crippen molar-refractivity contribution >= 4 is 28.3 Å². The van der Waals surface area contributed by atoms with E-state index in [4.69, 9.17) is 5.73 Å². The highest BCUT2D eigenvalue weighted by Gasteiger charge is 2.31. The number of aromatic hydroxyl groups is 1. The molecule has 0 unspecified atom stereocenters. The maximum atomic E-state index is 13.5. The highest BCUT2D eigenvalue weighted by Crippen LogP contribution is 2.33. The fourth-order valence-corrected chi connectivity index (χ4v) is 2.33. The second-order valence-corrected chi connectivity index (χ2v) is 5.34. The van der Waals surface area contributed by atoms with Gasteiger partial charge in [0.2, 0.25) is 0 Å². The zero-order valence-electron chi connectivity index (χ0n) is 11.3. The molecule has 0 saturated carbocycles. The molecule has 0 aliphatic rings. The molecule has 0 bridgehead atoms. The summed E-state index contributed by atoms with van der Waals surface area (Å²) in [7, 11) is 0. The van der Waals surface area contributed by atoms with Gasteiger partial charge in [0.05, 0.1) is 6.04 Å². The molecule has 0 spiro atoms. The molecule has 126 valence electrons. The number of rotatable bonds is 3. The lowest BCUT2D eigenvalue weighted by Gasteiger charge is -2.16. The Morgan fingerprint density at radius 1 is 1.13 bits per heavy atom. The Bertz CT molecular complexity index is 680. The standard InChI is InChI=1S/C14H10BrF4NO2.ClH/c15-8-5-10(13(21)11(16)6-8)12(20)7-1-3-9(4-2-7)22-14(17,18)19;/h1-6,12,21H,20H2;1H/t12-;/m0./s1. The second-order valence-electron chi connectivity index (χ2n) is 4.42. The molecule has 23 heavy (non-hydrogen) atoms. The summed E-state index contributed by atoms with van der Waals surface area (Å²) >= 11 is 3.08. The molecule has 0 saturated heterocycles. The minimum atomic E-state index is -4.78. The Morgan fingerprint density at radius 3 is 2.22 bits per heavy atom. The Kier molecular flexibility index (Phi) is 6.26. The van der Waals surface area contributed by atoms with Crippen LogP contribution in [-0.4, -0.2) is 11.5 Å². The highest BCUT2D eigenvalue weighted by molar-refractivity contribution is 9.10. The van der Waals surface area contributed by atoms with Crippen molar-refractivity contribution in [3.63, 3.8) is 0 Å². The molecule has 0 aliphatic carbocycles. The summed E-state index contributed by atoms with van der Waals surface area (Å²) in [6, 6.07) is 6.40. The SMILES string of the molecule is Cl.N[C@@H](c1ccc(OC(F)(F)F)cc1)c1cc(Br)cc(F)c1O. The van der Waals surface area contributed by atoms with Crippen molar-refractivity contribution in [3.8, 4) is 11.5 Å². The fraction of sp³-hybridized carbons (Fsp3) is 0.143. The van der Waals surface area contributed by atoms with Crippen molar-refractivity contribution in [2.45, 2.75) is 12.4 Å². The smallest absolute Gasteiger partial charge is 0.505 e. The third-order valence-corrected chi connectivity index (χ3v) is 3.32. The van der Waals surface area contributed by atoms with Gasteiger partial charge >= 0.3 is 6.36 Å². The Morgan fingerprint density at radius 2 is 1.70 bits per heavy atom. The van der Waals surface area contributed by atoms with Crippen molar-refractivity contribution in [1.82, 2.24) is 0 Å². The van der Waals surface area contributed by atoms with Crippen LogP contribution < -0.4 is 10.5 Å². The number of hydrogen-bond acceptors (Lipinski definition) is 3. The van der Waals surface area contributed by atoms with Gasteiger partial charge in [-0.15, -0.1) is 25.6 Å². The van der Waals surface area contributed by atoms with Crippen molar-refractivity contribution in [2.75, 3.05) is 0 Å². The van der Waals surface area contributed by atoms with Crippen LogP contribution >= 0.6 is 28.3 Å². The first kappa shape index (κ1) is 19.5. The molecule has 0 aliphatic heterocycles. The van der Waals surface area contributed by atoms with E-state index in [2.05, 4.69) is 20.7 Å². The summed E-state index contributed by atoms with van der Waals surface area (Å²) in [5.41, 5.74) is 6.42. The number of ether oxygens (including phenoxy) is 1. The predicted octanol–water partition coefficient (Wildman–Crippen LogP) is 4.66. The van der Waals surface area contributed by atoms with Gasteiger partial charge in [0.25, 0.3) is 0 Å². The molecular weight excluding hydrogens is 406 g/mol. The van der Waals surface area contributed by atoms with Gasteiger partial charge in [-0.2, -0.15) is 0 Å². The van der Waals surface area contributed by atoms with Crippen molar-refractivity contribution in [2.24, 2.45) is 5.73 Å². The third-order valence-electron chi connectivity index (χ3n) is 2.87. The van der Waals surface area contributed by atoms with Gasteiger partial charge in [-0.3, -0.25) is 0 Å². The predicted molar refractivity (Wildman–Crippen MR) is 82.2 cm³/mol. The Balaban J connectivity index is 0.00000264. The molecule has 0 heterocycles. The number of hydrogen-bond donors (Lipinski definition) is 2. The molecule has 2 aromatic rings. The third kappa shape index (κ3) is 4.98. The lowest BCUT2D eigenvalue weighted by atomic mass is 9.98. The largest absolute Gasteiger partial charge is 0.573 e. The van der Waals surface area contributed by atoms with Gasteiger partial charge in [0.1, 0.15) is 5.75 Å². The van der Waals surface area contributed by atoms with E-state index in [1.807, 2.05) is 0 Å². The van der Waals surface area contributed by atoms with Crippen LogP contribution in [0.25, 0.3) is 0 Å². The van der Waals surface area contributed by atoms with Gasteiger partial charge in [-0.25, -0.2) is 4.39 Å². The number of halogens is 6. The summed E-state index contributed by atoms with van der Waals surface area (Å²) in [5.74, 6) is -1.85. The first-order valence-electron chi connectivity index (χ1n) is 5.96. The Labute approximate surface area is 143 Å². The average molecular weight is 417 g/mol. The normalized spacial score (nSPS) is 12.4. The maximum Gasteiger partial charge on any atom is 0.573 e. The molecule has 0 aromatic heterocycles. The molecule has 0 radical (unpaired) electrons. The van der Waals surface area contributed by atoms with E-state index in [-0.39, 0.29) is 18.0 Å². The summed E-state index contributed by atoms with van der Waals surface area (Å²) in [4.78, 5) is 0. The molecular formula is C14H11BrClF4NO2. The van der Waals surface area contributed by atoms with Gasteiger partial charge in [-0.05, 0) is 29.8 Å². The number of benzene rings is 2. The van der Waals surface area contributed by atoms with Gasteiger partial charge in [0, 0.05) is 10.0 Å². The molecule has 2 aromatic carbocycles. The van der Waals surface area contributed by atoms with E-state index < -0.39 is 29.7 Å². The van der Waals surface area contributed by atoms with E-state index in [1.54, 1.807) is 0 Å². The first-order chi connectivity index (χ1) is 10.2. The van der Waals surface area contributed by atoms with Crippen LogP contribution in [0.3, 0.4) is 0 Å². The quantitative estimate of drug-likeness (QED) is 0.716. The number of phenols is 1. The van der Waals surface area contributed by atoms with E-state index in [0.717, 1.165) is 18.2 Å². The van der Waals surface area contributed by atoms with Crippen LogP contribution in [-0.2, 0) is 0 Å². The lowest BCUT2D eigenvalue weighted by Crippen LogP contribution is -2.17. The minimum absolute atomic E-state index is 0. The molecule has 2 rings (SSSR count). The van der Waals surface area contributed by atoms with Crippen LogP contribution in [0.5, 0.6) is 11.5 Å². The van der Waals surface area contributed by atoms with E-state index >= 15 is 0 Å². The van der Waals surface area contributed by atoms with Crippen molar-refractivity contribution in [1.29, 1.82) is 0 Å². The summed E-state index contributed by atoms with van der Waals surface area (Å²) in [6.07, 6.45) is -4.78. The lowest BCUT2D eigenvalue weighted by molar-refractivity contribution is -0.274. The second kappa shape index (κ2) is 7.37. The minimum Gasteiger partial charge on any atom is -0.505 e. The number of nitrogens with two attached hydrogens (primary N) is 1. The molecule has 1 atom stereocenters. The fourth-order valence-electron chi connectivity index (χ4n) is 1.88. The molecule has 0 amide bonds. The maximum absolute atomic E-state index is 13.5. The first-order valence-corrected chi connectivity index (χ1v) is 6.76. The van der Waals surface area contributed by atoms with Gasteiger partial charge < -0.3 is 15.6 Å². The molecule has 0 fully saturated rings. The van der Waals surface area contributed by atoms with Gasteiger partial charge in [0.15, 0.2) is 11.6 Å². The zero-order chi connectivity index (χ0) is 16.5. The summed E-state index contributed by atoms with van der Waals surface area (Å²) in [6.45, 7) is 0. The monoisotopic (exact) mass is 415 g/mol. The average Bonchev–Trinajstić information content (AvgIpc) is 2.41. The summed E-state index contributed by atoms with van der Waals surface area (Å²) < 4.78 is 53.9. The topological polar surface area (TPSA) is 55.5 Å².